The number of carbonyl (C=O) groups excluding carboxylic acids is 1. The summed E-state index contributed by atoms with van der Waals surface area (Å²) >= 11 is 0. The first-order chi connectivity index (χ1) is 7.20. The van der Waals surface area contributed by atoms with Crippen molar-refractivity contribution in [3.05, 3.63) is 35.4 Å². The first-order valence-electron chi connectivity index (χ1n) is 5.82. The van der Waals surface area contributed by atoms with E-state index in [2.05, 4.69) is 13.8 Å². The van der Waals surface area contributed by atoms with Gasteiger partial charge in [0.25, 0.3) is 0 Å². The number of benzene rings is 1. The predicted molar refractivity (Wildman–Crippen MR) is 64.2 cm³/mol. The minimum absolute atomic E-state index is 0.155. The van der Waals surface area contributed by atoms with E-state index in [0.29, 0.717) is 5.78 Å². The molecule has 1 nitrogen and oxygen atoms in total. The van der Waals surface area contributed by atoms with Gasteiger partial charge < -0.3 is 0 Å². The molecule has 1 atom stereocenters. The van der Waals surface area contributed by atoms with E-state index < -0.39 is 0 Å². The third-order valence-electron chi connectivity index (χ3n) is 2.83. The minimum Gasteiger partial charge on any atom is -0.294 e. The van der Waals surface area contributed by atoms with Crippen LogP contribution in [0.3, 0.4) is 0 Å². The molecule has 82 valence electrons. The van der Waals surface area contributed by atoms with E-state index >= 15 is 0 Å². The lowest BCUT2D eigenvalue weighted by molar-refractivity contribution is 0.0922. The summed E-state index contributed by atoms with van der Waals surface area (Å²) in [5.74, 6) is 0.456. The van der Waals surface area contributed by atoms with Crippen molar-refractivity contribution >= 4 is 5.78 Å². The van der Waals surface area contributed by atoms with Crippen LogP contribution in [-0.4, -0.2) is 5.78 Å². The Hall–Kier alpha value is -1.11. The molecule has 1 heteroatoms. The van der Waals surface area contributed by atoms with Gasteiger partial charge in [0.05, 0.1) is 0 Å². The summed E-state index contributed by atoms with van der Waals surface area (Å²) in [5.41, 5.74) is 2.09. The van der Waals surface area contributed by atoms with Crippen molar-refractivity contribution in [2.24, 2.45) is 5.92 Å². The van der Waals surface area contributed by atoms with Gasteiger partial charge in [0.2, 0.25) is 0 Å². The van der Waals surface area contributed by atoms with Crippen LogP contribution in [0, 0.1) is 5.92 Å². The zero-order chi connectivity index (χ0) is 11.3. The zero-order valence-corrected chi connectivity index (χ0v) is 9.92. The molecule has 0 aliphatic heterocycles. The Bertz CT molecular complexity index is 328. The molecule has 1 unspecified atom stereocenters. The van der Waals surface area contributed by atoms with Crippen LogP contribution in [0.25, 0.3) is 0 Å². The van der Waals surface area contributed by atoms with E-state index in [1.165, 1.54) is 5.56 Å². The SMILES string of the molecule is CCCC(C)C(=O)c1ccccc1CC. The van der Waals surface area contributed by atoms with Crippen LogP contribution in [0.15, 0.2) is 24.3 Å². The molecule has 0 fully saturated rings. The second-order valence-corrected chi connectivity index (χ2v) is 4.06. The van der Waals surface area contributed by atoms with Crippen LogP contribution in [-0.2, 0) is 6.42 Å². The Labute approximate surface area is 92.5 Å². The van der Waals surface area contributed by atoms with Crippen molar-refractivity contribution in [2.45, 2.75) is 40.0 Å². The van der Waals surface area contributed by atoms with Crippen LogP contribution in [0.5, 0.6) is 0 Å². The number of carbonyl (C=O) groups is 1. The summed E-state index contributed by atoms with van der Waals surface area (Å²) in [6, 6.07) is 7.95. The molecule has 0 N–H and O–H groups in total. The van der Waals surface area contributed by atoms with Crippen LogP contribution >= 0.6 is 0 Å². The largest absolute Gasteiger partial charge is 0.294 e. The number of hydrogen-bond acceptors (Lipinski definition) is 1. The summed E-state index contributed by atoms with van der Waals surface area (Å²) in [6.07, 6.45) is 2.98. The van der Waals surface area contributed by atoms with Crippen LogP contribution in [0.4, 0.5) is 0 Å². The third kappa shape index (κ3) is 2.92. The van der Waals surface area contributed by atoms with Gasteiger partial charge in [0.15, 0.2) is 5.78 Å². The fraction of sp³-hybridized carbons (Fsp3) is 0.500. The quantitative estimate of drug-likeness (QED) is 0.665. The van der Waals surface area contributed by atoms with Crippen LogP contribution in [0.2, 0.25) is 0 Å². The number of rotatable bonds is 5. The van der Waals surface area contributed by atoms with Gasteiger partial charge in [0, 0.05) is 11.5 Å². The first kappa shape index (κ1) is 12.0. The van der Waals surface area contributed by atoms with Crippen LogP contribution < -0.4 is 0 Å². The molecule has 0 amide bonds. The highest BCUT2D eigenvalue weighted by Gasteiger charge is 2.16. The molecule has 0 aliphatic carbocycles. The average Bonchev–Trinajstić information content (AvgIpc) is 2.28. The Morgan fingerprint density at radius 3 is 2.53 bits per heavy atom. The molecule has 1 rings (SSSR count). The molecule has 0 saturated carbocycles. The van der Waals surface area contributed by atoms with Gasteiger partial charge in [0.1, 0.15) is 0 Å². The van der Waals surface area contributed by atoms with E-state index in [4.69, 9.17) is 0 Å². The fourth-order valence-electron chi connectivity index (χ4n) is 1.90. The van der Waals surface area contributed by atoms with E-state index in [1.54, 1.807) is 0 Å². The van der Waals surface area contributed by atoms with Gasteiger partial charge in [-0.15, -0.1) is 0 Å². The van der Waals surface area contributed by atoms with Gasteiger partial charge in [-0.2, -0.15) is 0 Å². The highest BCUT2D eigenvalue weighted by molar-refractivity contribution is 5.98. The normalized spacial score (nSPS) is 12.5. The molecule has 0 radical (unpaired) electrons. The maximum Gasteiger partial charge on any atom is 0.165 e. The summed E-state index contributed by atoms with van der Waals surface area (Å²) in [7, 11) is 0. The summed E-state index contributed by atoms with van der Waals surface area (Å²) in [4.78, 5) is 12.1. The number of ketones is 1. The summed E-state index contributed by atoms with van der Waals surface area (Å²) in [5, 5.41) is 0. The standard InChI is InChI=1S/C14H20O/c1-4-8-11(3)14(15)13-10-7-6-9-12(13)5-2/h6-7,9-11H,4-5,8H2,1-3H3. The molecule has 0 aliphatic rings. The van der Waals surface area contributed by atoms with Gasteiger partial charge in [-0.25, -0.2) is 0 Å². The monoisotopic (exact) mass is 204 g/mol. The van der Waals surface area contributed by atoms with E-state index in [-0.39, 0.29) is 5.92 Å². The van der Waals surface area contributed by atoms with Crippen molar-refractivity contribution in [1.29, 1.82) is 0 Å². The second-order valence-electron chi connectivity index (χ2n) is 4.06. The Kier molecular flexibility index (Phi) is 4.54. The van der Waals surface area contributed by atoms with Crippen LogP contribution in [0.1, 0.15) is 49.5 Å². The van der Waals surface area contributed by atoms with Crippen molar-refractivity contribution in [3.8, 4) is 0 Å². The third-order valence-corrected chi connectivity index (χ3v) is 2.83. The van der Waals surface area contributed by atoms with Crippen molar-refractivity contribution < 1.29 is 4.79 Å². The van der Waals surface area contributed by atoms with Gasteiger partial charge >= 0.3 is 0 Å². The van der Waals surface area contributed by atoms with Crippen molar-refractivity contribution in [3.63, 3.8) is 0 Å². The molecule has 0 bridgehead atoms. The van der Waals surface area contributed by atoms with Crippen molar-refractivity contribution in [2.75, 3.05) is 0 Å². The van der Waals surface area contributed by atoms with E-state index in [0.717, 1.165) is 24.8 Å². The molecule has 15 heavy (non-hydrogen) atoms. The van der Waals surface area contributed by atoms with Crippen molar-refractivity contribution in [1.82, 2.24) is 0 Å². The lowest BCUT2D eigenvalue weighted by Gasteiger charge is -2.11. The first-order valence-corrected chi connectivity index (χ1v) is 5.82. The molecule has 0 heterocycles. The number of aryl methyl sites for hydroxylation is 1. The molecule has 1 aromatic rings. The molecule has 0 spiro atoms. The Morgan fingerprint density at radius 2 is 1.93 bits per heavy atom. The smallest absolute Gasteiger partial charge is 0.165 e. The molecule has 0 saturated heterocycles. The average molecular weight is 204 g/mol. The highest BCUT2D eigenvalue weighted by Crippen LogP contribution is 2.17. The minimum atomic E-state index is 0.155. The predicted octanol–water partition coefficient (Wildman–Crippen LogP) is 3.87. The van der Waals surface area contributed by atoms with E-state index in [1.807, 2.05) is 31.2 Å². The maximum absolute atomic E-state index is 12.1. The second kappa shape index (κ2) is 5.69. The lowest BCUT2D eigenvalue weighted by atomic mass is 9.92. The van der Waals surface area contributed by atoms with Gasteiger partial charge in [-0.3, -0.25) is 4.79 Å². The summed E-state index contributed by atoms with van der Waals surface area (Å²) in [6.45, 7) is 6.24. The topological polar surface area (TPSA) is 17.1 Å². The van der Waals surface area contributed by atoms with E-state index in [9.17, 15) is 4.79 Å². The number of hydrogen-bond donors (Lipinski definition) is 0. The molecular weight excluding hydrogens is 184 g/mol. The fourth-order valence-corrected chi connectivity index (χ4v) is 1.90. The highest BCUT2D eigenvalue weighted by atomic mass is 16.1. The molecule has 1 aromatic carbocycles. The summed E-state index contributed by atoms with van der Waals surface area (Å²) < 4.78 is 0. The number of Topliss-reactive ketones (excluding diaryl/α,β-unsaturated/α-hetero) is 1. The van der Waals surface area contributed by atoms with Gasteiger partial charge in [-0.05, 0) is 18.4 Å². The maximum atomic E-state index is 12.1. The van der Waals surface area contributed by atoms with Gasteiger partial charge in [-0.1, -0.05) is 51.5 Å². The molecule has 0 aromatic heterocycles. The Morgan fingerprint density at radius 1 is 1.27 bits per heavy atom. The zero-order valence-electron chi connectivity index (χ0n) is 9.92. The Balaban J connectivity index is 2.90. The molecular formula is C14H20O. The lowest BCUT2D eigenvalue weighted by Crippen LogP contribution is -2.13.